The molecule has 1 aliphatic rings. The molecule has 1 saturated heterocycles. The van der Waals surface area contributed by atoms with Crippen molar-refractivity contribution in [2.45, 2.75) is 24.9 Å². The smallest absolute Gasteiger partial charge is 0.269 e. The first-order valence-electron chi connectivity index (χ1n) is 5.66. The number of carbonyl (C=O) groups is 1. The molecule has 8 nitrogen and oxygen atoms in total. The molecule has 8 heteroatoms. The van der Waals surface area contributed by atoms with E-state index in [1.54, 1.807) is 6.07 Å². The summed E-state index contributed by atoms with van der Waals surface area (Å²) in [6.45, 7) is 0. The van der Waals surface area contributed by atoms with Gasteiger partial charge in [-0.15, -0.1) is 0 Å². The summed E-state index contributed by atoms with van der Waals surface area (Å²) >= 11 is 0. The van der Waals surface area contributed by atoms with Crippen molar-refractivity contribution in [1.82, 2.24) is 5.32 Å². The Bertz CT molecular complexity index is 545. The first-order chi connectivity index (χ1) is 8.99. The summed E-state index contributed by atoms with van der Waals surface area (Å²) in [5.74, 6) is -0.283. The summed E-state index contributed by atoms with van der Waals surface area (Å²) < 4.78 is 0. The third-order valence-electron chi connectivity index (χ3n) is 3.08. The van der Waals surface area contributed by atoms with E-state index in [9.17, 15) is 25.0 Å². The first kappa shape index (κ1) is 12.9. The lowest BCUT2D eigenvalue weighted by Crippen LogP contribution is -2.45. The highest BCUT2D eigenvalue weighted by atomic mass is 16.6. The fourth-order valence-corrected chi connectivity index (χ4v) is 2.15. The maximum atomic E-state index is 11.4. The van der Waals surface area contributed by atoms with Gasteiger partial charge in [-0.05, 0) is 5.56 Å². The lowest BCUT2D eigenvalue weighted by atomic mass is 9.92. The molecule has 1 N–H and O–H groups in total. The predicted molar refractivity (Wildman–Crippen MR) is 64.0 cm³/mol. The average molecular weight is 265 g/mol. The molecule has 1 fully saturated rings. The Balaban J connectivity index is 2.36. The van der Waals surface area contributed by atoms with Crippen molar-refractivity contribution < 1.29 is 14.6 Å². The third-order valence-corrected chi connectivity index (χ3v) is 3.08. The quantitative estimate of drug-likeness (QED) is 0.651. The van der Waals surface area contributed by atoms with Gasteiger partial charge in [0.1, 0.15) is 6.04 Å². The second-order valence-electron chi connectivity index (χ2n) is 4.29. The van der Waals surface area contributed by atoms with Crippen molar-refractivity contribution in [1.29, 1.82) is 0 Å². The van der Waals surface area contributed by atoms with Crippen molar-refractivity contribution in [3.63, 3.8) is 0 Å². The van der Waals surface area contributed by atoms with Crippen LogP contribution in [0.15, 0.2) is 24.3 Å². The number of nitrogens with zero attached hydrogens (tertiary/aromatic N) is 2. The molecule has 0 bridgehead atoms. The molecule has 1 aromatic rings. The van der Waals surface area contributed by atoms with Crippen LogP contribution in [0.1, 0.15) is 24.4 Å². The number of nitro groups is 2. The maximum Gasteiger partial charge on any atom is 0.269 e. The summed E-state index contributed by atoms with van der Waals surface area (Å²) in [5.41, 5.74) is 0.225. The molecule has 1 aliphatic heterocycles. The largest absolute Gasteiger partial charge is 0.343 e. The minimum absolute atomic E-state index is 0.0943. The van der Waals surface area contributed by atoms with Gasteiger partial charge in [0.15, 0.2) is 0 Å². The second-order valence-corrected chi connectivity index (χ2v) is 4.29. The number of piperidine rings is 1. The number of carbonyl (C=O) groups excluding carboxylic acids is 1. The molecule has 0 aliphatic carbocycles. The zero-order chi connectivity index (χ0) is 14.0. The van der Waals surface area contributed by atoms with Crippen LogP contribution >= 0.6 is 0 Å². The topological polar surface area (TPSA) is 115 Å². The SMILES string of the molecule is O=C1CC[C@H]([N+](=O)[O-])[C@@H](c2cccc([N+](=O)[O-])c2)N1. The standard InChI is InChI=1S/C11H11N3O5/c15-10-5-4-9(14(18)19)11(12-10)7-2-1-3-8(6-7)13(16)17/h1-3,6,9,11H,4-5H2,(H,12,15)/t9-,11+/m0/s1. The summed E-state index contributed by atoms with van der Waals surface area (Å²) in [6.07, 6.45) is 0.225. The highest BCUT2D eigenvalue weighted by Gasteiger charge is 2.38. The molecule has 100 valence electrons. The number of hydrogen-bond acceptors (Lipinski definition) is 5. The van der Waals surface area contributed by atoms with Gasteiger partial charge in [-0.3, -0.25) is 25.0 Å². The minimum Gasteiger partial charge on any atom is -0.343 e. The number of benzene rings is 1. The van der Waals surface area contributed by atoms with Crippen molar-refractivity contribution in [2.75, 3.05) is 0 Å². The fourth-order valence-electron chi connectivity index (χ4n) is 2.15. The molecule has 19 heavy (non-hydrogen) atoms. The lowest BCUT2D eigenvalue weighted by molar-refractivity contribution is -0.529. The Morgan fingerprint density at radius 1 is 1.26 bits per heavy atom. The van der Waals surface area contributed by atoms with Crippen molar-refractivity contribution in [2.24, 2.45) is 0 Å². The molecular formula is C11H11N3O5. The number of non-ortho nitro benzene ring substituents is 1. The van der Waals surface area contributed by atoms with E-state index in [2.05, 4.69) is 5.32 Å². The zero-order valence-corrected chi connectivity index (χ0v) is 9.81. The number of nitrogens with one attached hydrogen (secondary N) is 1. The molecule has 1 amide bonds. The van der Waals surface area contributed by atoms with Gasteiger partial charge in [-0.25, -0.2) is 0 Å². The van der Waals surface area contributed by atoms with Crippen LogP contribution in [-0.2, 0) is 4.79 Å². The summed E-state index contributed by atoms with van der Waals surface area (Å²) in [7, 11) is 0. The van der Waals surface area contributed by atoms with Gasteiger partial charge in [0.05, 0.1) is 4.92 Å². The van der Waals surface area contributed by atoms with Crippen LogP contribution in [-0.4, -0.2) is 21.8 Å². The molecule has 0 saturated carbocycles. The van der Waals surface area contributed by atoms with Crippen LogP contribution in [0.25, 0.3) is 0 Å². The molecule has 1 aromatic carbocycles. The molecule has 2 rings (SSSR count). The van der Waals surface area contributed by atoms with Crippen molar-refractivity contribution in [3.05, 3.63) is 50.1 Å². The molecule has 2 atom stereocenters. The van der Waals surface area contributed by atoms with E-state index in [-0.39, 0.29) is 24.4 Å². The second kappa shape index (κ2) is 5.01. The van der Waals surface area contributed by atoms with Crippen LogP contribution < -0.4 is 5.32 Å². The third kappa shape index (κ3) is 2.67. The van der Waals surface area contributed by atoms with E-state index in [0.29, 0.717) is 5.56 Å². The summed E-state index contributed by atoms with van der Waals surface area (Å²) in [4.78, 5) is 32.0. The van der Waals surface area contributed by atoms with Crippen LogP contribution in [0, 0.1) is 20.2 Å². The molecule has 1 heterocycles. The van der Waals surface area contributed by atoms with Gasteiger partial charge in [-0.2, -0.15) is 0 Å². The minimum atomic E-state index is -0.959. The number of hydrogen-bond donors (Lipinski definition) is 1. The first-order valence-corrected chi connectivity index (χ1v) is 5.66. The number of nitro benzene ring substituents is 1. The Morgan fingerprint density at radius 3 is 2.63 bits per heavy atom. The Labute approximate surface area is 107 Å². The van der Waals surface area contributed by atoms with E-state index in [0.717, 1.165) is 0 Å². The van der Waals surface area contributed by atoms with E-state index in [1.165, 1.54) is 18.2 Å². The van der Waals surface area contributed by atoms with Gasteiger partial charge >= 0.3 is 0 Å². The van der Waals surface area contributed by atoms with Gasteiger partial charge < -0.3 is 5.32 Å². The van der Waals surface area contributed by atoms with Crippen LogP contribution in [0.3, 0.4) is 0 Å². The Morgan fingerprint density at radius 2 is 2.00 bits per heavy atom. The van der Waals surface area contributed by atoms with Crippen LogP contribution in [0.2, 0.25) is 0 Å². The predicted octanol–water partition coefficient (Wildman–Crippen LogP) is 1.19. The molecular weight excluding hydrogens is 254 g/mol. The van der Waals surface area contributed by atoms with E-state index in [4.69, 9.17) is 0 Å². The highest BCUT2D eigenvalue weighted by Crippen LogP contribution is 2.28. The molecule has 0 aromatic heterocycles. The normalized spacial score (nSPS) is 22.6. The van der Waals surface area contributed by atoms with Crippen molar-refractivity contribution in [3.8, 4) is 0 Å². The molecule has 0 spiro atoms. The van der Waals surface area contributed by atoms with E-state index in [1.807, 2.05) is 0 Å². The Kier molecular flexibility index (Phi) is 3.41. The maximum absolute atomic E-state index is 11.4. The van der Waals surface area contributed by atoms with E-state index < -0.39 is 21.9 Å². The van der Waals surface area contributed by atoms with Gasteiger partial charge in [0, 0.05) is 29.9 Å². The molecule has 0 unspecified atom stereocenters. The zero-order valence-electron chi connectivity index (χ0n) is 9.81. The van der Waals surface area contributed by atoms with Gasteiger partial charge in [0.25, 0.3) is 5.69 Å². The van der Waals surface area contributed by atoms with Crippen LogP contribution in [0.4, 0.5) is 5.69 Å². The summed E-state index contributed by atoms with van der Waals surface area (Å²) in [5, 5.41) is 24.2. The van der Waals surface area contributed by atoms with E-state index >= 15 is 0 Å². The summed E-state index contributed by atoms with van der Waals surface area (Å²) in [6, 6.07) is 3.77. The van der Waals surface area contributed by atoms with Crippen LogP contribution in [0.5, 0.6) is 0 Å². The monoisotopic (exact) mass is 265 g/mol. The van der Waals surface area contributed by atoms with Gasteiger partial charge in [-0.1, -0.05) is 12.1 Å². The van der Waals surface area contributed by atoms with Gasteiger partial charge in [0.2, 0.25) is 11.9 Å². The number of rotatable bonds is 3. The highest BCUT2D eigenvalue weighted by molar-refractivity contribution is 5.77. The van der Waals surface area contributed by atoms with Crippen molar-refractivity contribution >= 4 is 11.6 Å². The molecule has 0 radical (unpaired) electrons. The fraction of sp³-hybridized carbons (Fsp3) is 0.364. The Hall–Kier alpha value is -2.51. The lowest BCUT2D eigenvalue weighted by Gasteiger charge is -2.26. The number of amides is 1. The average Bonchev–Trinajstić information content (AvgIpc) is 2.38.